The molecule has 24 heavy (non-hydrogen) atoms. The highest BCUT2D eigenvalue weighted by Gasteiger charge is 2.67. The van der Waals surface area contributed by atoms with Crippen LogP contribution in [0.2, 0.25) is 0 Å². The van der Waals surface area contributed by atoms with E-state index in [0.29, 0.717) is 18.4 Å². The zero-order chi connectivity index (χ0) is 16.7. The molecular formula is C20H27NO3. The van der Waals surface area contributed by atoms with E-state index in [4.69, 9.17) is 9.47 Å². The van der Waals surface area contributed by atoms with E-state index in [1.54, 1.807) is 7.11 Å². The van der Waals surface area contributed by atoms with Gasteiger partial charge in [-0.15, -0.1) is 0 Å². The summed E-state index contributed by atoms with van der Waals surface area (Å²) in [5.41, 5.74) is 0. The number of hydrogen-bond acceptors (Lipinski definition) is 3. The zero-order valence-corrected chi connectivity index (χ0v) is 14.6. The fraction of sp³-hybridized carbons (Fsp3) is 0.650. The molecule has 0 spiro atoms. The smallest absolute Gasteiger partial charge is 0.226 e. The van der Waals surface area contributed by atoms with Crippen LogP contribution >= 0.6 is 0 Å². The van der Waals surface area contributed by atoms with Gasteiger partial charge in [-0.25, -0.2) is 0 Å². The quantitative estimate of drug-likeness (QED) is 0.721. The molecule has 1 aromatic carbocycles. The van der Waals surface area contributed by atoms with E-state index in [0.717, 1.165) is 48.1 Å². The van der Waals surface area contributed by atoms with Crippen LogP contribution in [0.25, 0.3) is 0 Å². The van der Waals surface area contributed by atoms with Crippen molar-refractivity contribution in [2.24, 2.45) is 29.6 Å². The molecule has 4 nitrogen and oxygen atoms in total. The van der Waals surface area contributed by atoms with Crippen LogP contribution in [0.3, 0.4) is 0 Å². The Kier molecular flexibility index (Phi) is 4.15. The summed E-state index contributed by atoms with van der Waals surface area (Å²) in [6.07, 6.45) is 4.99. The molecule has 2 bridgehead atoms. The summed E-state index contributed by atoms with van der Waals surface area (Å²) in [7, 11) is 3.60. The Hall–Kier alpha value is -1.71. The highest BCUT2D eigenvalue weighted by molar-refractivity contribution is 5.82. The third kappa shape index (κ3) is 2.76. The Bertz CT molecular complexity index is 601. The molecule has 0 radical (unpaired) electrons. The third-order valence-electron chi connectivity index (χ3n) is 6.34. The molecule has 3 aliphatic carbocycles. The van der Waals surface area contributed by atoms with Gasteiger partial charge < -0.3 is 14.4 Å². The molecular weight excluding hydrogens is 302 g/mol. The number of amides is 1. The van der Waals surface area contributed by atoms with Gasteiger partial charge in [-0.05, 0) is 61.5 Å². The zero-order valence-electron chi connectivity index (χ0n) is 14.6. The molecule has 130 valence electrons. The van der Waals surface area contributed by atoms with Crippen LogP contribution in [0.4, 0.5) is 0 Å². The van der Waals surface area contributed by atoms with Crippen molar-refractivity contribution in [3.8, 4) is 11.5 Å². The molecule has 0 N–H and O–H groups in total. The van der Waals surface area contributed by atoms with E-state index in [-0.39, 0.29) is 0 Å². The number of benzene rings is 1. The topological polar surface area (TPSA) is 38.8 Å². The van der Waals surface area contributed by atoms with Crippen molar-refractivity contribution in [3.05, 3.63) is 24.3 Å². The fourth-order valence-corrected chi connectivity index (χ4v) is 5.20. The first-order chi connectivity index (χ1) is 11.7. The Balaban J connectivity index is 1.20. The van der Waals surface area contributed by atoms with E-state index in [9.17, 15) is 4.79 Å². The van der Waals surface area contributed by atoms with Gasteiger partial charge in [-0.3, -0.25) is 4.79 Å². The Morgan fingerprint density at radius 2 is 1.92 bits per heavy atom. The lowest BCUT2D eigenvalue weighted by atomic mass is 10.0. The van der Waals surface area contributed by atoms with Gasteiger partial charge in [0, 0.05) is 25.6 Å². The second kappa shape index (κ2) is 6.30. The normalized spacial score (nSPS) is 32.3. The van der Waals surface area contributed by atoms with Crippen molar-refractivity contribution in [1.29, 1.82) is 0 Å². The van der Waals surface area contributed by atoms with E-state index in [2.05, 4.69) is 0 Å². The number of rotatable bonds is 7. The van der Waals surface area contributed by atoms with Crippen molar-refractivity contribution in [1.82, 2.24) is 4.90 Å². The van der Waals surface area contributed by atoms with Crippen molar-refractivity contribution in [2.45, 2.75) is 25.7 Å². The standard InChI is InChI=1S/C20H27NO3/c1-21(9-4-10-24-16-6-3-5-15(12-16)23-2)20(22)19-17-13-7-8-14(11-13)18(17)19/h3,5-6,12-14,17-19H,4,7-11H2,1-2H3/t13-,14+,17+,18-,19?. The van der Waals surface area contributed by atoms with Gasteiger partial charge in [0.25, 0.3) is 0 Å². The van der Waals surface area contributed by atoms with Gasteiger partial charge in [-0.1, -0.05) is 6.07 Å². The first-order valence-corrected chi connectivity index (χ1v) is 9.21. The monoisotopic (exact) mass is 329 g/mol. The highest BCUT2D eigenvalue weighted by atomic mass is 16.5. The van der Waals surface area contributed by atoms with Gasteiger partial charge in [0.1, 0.15) is 11.5 Å². The minimum Gasteiger partial charge on any atom is -0.497 e. The molecule has 0 saturated heterocycles. The lowest BCUT2D eigenvalue weighted by molar-refractivity contribution is -0.132. The second-order valence-corrected chi connectivity index (χ2v) is 7.65. The van der Waals surface area contributed by atoms with Gasteiger partial charge in [-0.2, -0.15) is 0 Å². The van der Waals surface area contributed by atoms with E-state index in [1.165, 1.54) is 19.3 Å². The number of nitrogens with zero attached hydrogens (tertiary/aromatic N) is 1. The predicted molar refractivity (Wildman–Crippen MR) is 92.0 cm³/mol. The molecule has 0 aromatic heterocycles. The molecule has 0 heterocycles. The molecule has 1 amide bonds. The van der Waals surface area contributed by atoms with Crippen LogP contribution in [0.1, 0.15) is 25.7 Å². The lowest BCUT2D eigenvalue weighted by Crippen LogP contribution is -2.31. The number of hydrogen-bond donors (Lipinski definition) is 0. The summed E-state index contributed by atoms with van der Waals surface area (Å²) in [6.45, 7) is 1.39. The molecule has 4 rings (SSSR count). The molecule has 1 aromatic rings. The first kappa shape index (κ1) is 15.8. The summed E-state index contributed by atoms with van der Waals surface area (Å²) < 4.78 is 10.9. The maximum atomic E-state index is 12.7. The second-order valence-electron chi connectivity index (χ2n) is 7.65. The fourth-order valence-electron chi connectivity index (χ4n) is 5.20. The van der Waals surface area contributed by atoms with Crippen molar-refractivity contribution in [3.63, 3.8) is 0 Å². The lowest BCUT2D eigenvalue weighted by Gasteiger charge is -2.19. The van der Waals surface area contributed by atoms with E-state index >= 15 is 0 Å². The molecule has 3 aliphatic rings. The molecule has 4 heteroatoms. The SMILES string of the molecule is COc1cccc(OCCCN(C)C(=O)C2[C@@H]3[C@H]4CC[C@H](C4)[C@H]23)c1. The van der Waals surface area contributed by atoms with Crippen molar-refractivity contribution >= 4 is 5.91 Å². The van der Waals surface area contributed by atoms with Crippen molar-refractivity contribution in [2.75, 3.05) is 27.3 Å². The van der Waals surface area contributed by atoms with Crippen molar-refractivity contribution < 1.29 is 14.3 Å². The van der Waals surface area contributed by atoms with Crippen LogP contribution < -0.4 is 9.47 Å². The Morgan fingerprint density at radius 3 is 2.62 bits per heavy atom. The molecule has 5 atom stereocenters. The summed E-state index contributed by atoms with van der Waals surface area (Å²) in [5, 5.41) is 0. The summed E-state index contributed by atoms with van der Waals surface area (Å²) in [5.74, 6) is 5.52. The number of carbonyl (C=O) groups is 1. The van der Waals surface area contributed by atoms with Gasteiger partial charge in [0.05, 0.1) is 13.7 Å². The Morgan fingerprint density at radius 1 is 1.21 bits per heavy atom. The number of fused-ring (bicyclic) bond motifs is 5. The van der Waals surface area contributed by atoms with Crippen LogP contribution in [0.5, 0.6) is 11.5 Å². The predicted octanol–water partition coefficient (Wildman–Crippen LogP) is 3.21. The van der Waals surface area contributed by atoms with Gasteiger partial charge >= 0.3 is 0 Å². The maximum absolute atomic E-state index is 12.7. The van der Waals surface area contributed by atoms with E-state index < -0.39 is 0 Å². The number of carbonyl (C=O) groups excluding carboxylic acids is 1. The highest BCUT2D eigenvalue weighted by Crippen LogP contribution is 2.69. The molecule has 0 aliphatic heterocycles. The summed E-state index contributed by atoms with van der Waals surface area (Å²) in [4.78, 5) is 14.6. The van der Waals surface area contributed by atoms with Gasteiger partial charge in [0.2, 0.25) is 5.91 Å². The largest absolute Gasteiger partial charge is 0.497 e. The van der Waals surface area contributed by atoms with Crippen LogP contribution in [0.15, 0.2) is 24.3 Å². The van der Waals surface area contributed by atoms with E-state index in [1.807, 2.05) is 36.2 Å². The summed E-state index contributed by atoms with van der Waals surface area (Å²) in [6, 6.07) is 7.64. The van der Waals surface area contributed by atoms with Crippen LogP contribution in [-0.2, 0) is 4.79 Å². The first-order valence-electron chi connectivity index (χ1n) is 9.21. The minimum absolute atomic E-state index is 0.348. The number of methoxy groups -OCH3 is 1. The minimum atomic E-state index is 0.348. The average molecular weight is 329 g/mol. The number of ether oxygens (including phenoxy) is 2. The molecule has 3 fully saturated rings. The van der Waals surface area contributed by atoms with Gasteiger partial charge in [0.15, 0.2) is 0 Å². The van der Waals surface area contributed by atoms with Crippen LogP contribution in [-0.4, -0.2) is 38.1 Å². The maximum Gasteiger partial charge on any atom is 0.226 e. The molecule has 1 unspecified atom stereocenters. The molecule has 3 saturated carbocycles. The summed E-state index contributed by atoms with van der Waals surface area (Å²) >= 11 is 0. The average Bonchev–Trinajstić information content (AvgIpc) is 3.04. The third-order valence-corrected chi connectivity index (χ3v) is 6.34. The Labute approximate surface area is 144 Å². The van der Waals surface area contributed by atoms with Crippen LogP contribution in [0, 0.1) is 29.6 Å².